The van der Waals surface area contributed by atoms with Crippen molar-refractivity contribution >= 4 is 16.0 Å². The number of aromatic nitrogens is 3. The Kier molecular flexibility index (Phi) is 4.07. The lowest BCUT2D eigenvalue weighted by atomic mass is 10.1. The predicted molar refractivity (Wildman–Crippen MR) is 92.0 cm³/mol. The highest BCUT2D eigenvalue weighted by Gasteiger charge is 2.31. The Morgan fingerprint density at radius 2 is 2.15 bits per heavy atom. The summed E-state index contributed by atoms with van der Waals surface area (Å²) in [6.45, 7) is 4.93. The SMILES string of the molecule is CC(C)c1nc2n(n1)CCCC2NS(=O)(=O)c1ccc2c(c1)C(=O)OC2. The van der Waals surface area contributed by atoms with Gasteiger partial charge in [-0.25, -0.2) is 27.6 Å². The molecule has 2 aromatic rings. The zero-order valence-electron chi connectivity index (χ0n) is 14.6. The van der Waals surface area contributed by atoms with E-state index in [0.717, 1.165) is 13.0 Å². The van der Waals surface area contributed by atoms with Gasteiger partial charge in [0, 0.05) is 18.0 Å². The second-order valence-corrected chi connectivity index (χ2v) is 8.63. The number of hydrogen-bond acceptors (Lipinski definition) is 6. The summed E-state index contributed by atoms with van der Waals surface area (Å²) in [6, 6.07) is 4.06. The van der Waals surface area contributed by atoms with Crippen LogP contribution in [0, 0.1) is 0 Å². The third-order valence-electron chi connectivity index (χ3n) is 4.68. The molecule has 0 saturated heterocycles. The van der Waals surface area contributed by atoms with E-state index in [-0.39, 0.29) is 17.4 Å². The van der Waals surface area contributed by atoms with Crippen molar-refractivity contribution in [2.24, 2.45) is 0 Å². The molecule has 0 spiro atoms. The molecule has 0 bridgehead atoms. The van der Waals surface area contributed by atoms with Crippen LogP contribution in [0.3, 0.4) is 0 Å². The van der Waals surface area contributed by atoms with Crippen LogP contribution in [-0.2, 0) is 27.9 Å². The highest BCUT2D eigenvalue weighted by Crippen LogP contribution is 2.28. The summed E-state index contributed by atoms with van der Waals surface area (Å²) in [7, 11) is -3.80. The van der Waals surface area contributed by atoms with Crippen molar-refractivity contribution in [3.63, 3.8) is 0 Å². The van der Waals surface area contributed by atoms with Gasteiger partial charge in [-0.2, -0.15) is 5.10 Å². The van der Waals surface area contributed by atoms with Crippen LogP contribution in [0.2, 0.25) is 0 Å². The summed E-state index contributed by atoms with van der Waals surface area (Å²) in [5.74, 6) is 1.04. The average Bonchev–Trinajstić information content (AvgIpc) is 3.19. The molecule has 1 aromatic carbocycles. The second kappa shape index (κ2) is 6.17. The molecule has 2 aliphatic rings. The van der Waals surface area contributed by atoms with E-state index < -0.39 is 22.0 Å². The smallest absolute Gasteiger partial charge is 0.338 e. The van der Waals surface area contributed by atoms with Crippen molar-refractivity contribution in [2.75, 3.05) is 0 Å². The maximum absolute atomic E-state index is 12.8. The minimum atomic E-state index is -3.80. The predicted octanol–water partition coefficient (Wildman–Crippen LogP) is 1.89. The largest absolute Gasteiger partial charge is 0.457 e. The Morgan fingerprint density at radius 1 is 1.35 bits per heavy atom. The van der Waals surface area contributed by atoms with Gasteiger partial charge in [0.05, 0.1) is 16.5 Å². The van der Waals surface area contributed by atoms with E-state index in [0.29, 0.717) is 29.2 Å². The van der Waals surface area contributed by atoms with E-state index >= 15 is 0 Å². The first kappa shape index (κ1) is 17.2. The summed E-state index contributed by atoms with van der Waals surface area (Å²) in [5, 5.41) is 4.47. The van der Waals surface area contributed by atoms with Gasteiger partial charge >= 0.3 is 5.97 Å². The van der Waals surface area contributed by atoms with Crippen molar-refractivity contribution in [1.29, 1.82) is 0 Å². The Balaban J connectivity index is 1.64. The lowest BCUT2D eigenvalue weighted by Gasteiger charge is -2.23. The van der Waals surface area contributed by atoms with E-state index in [1.165, 1.54) is 12.1 Å². The number of carbonyl (C=O) groups excluding carboxylic acids is 1. The van der Waals surface area contributed by atoms with Crippen molar-refractivity contribution < 1.29 is 17.9 Å². The number of rotatable bonds is 4. The zero-order valence-corrected chi connectivity index (χ0v) is 15.4. The number of sulfonamides is 1. The van der Waals surface area contributed by atoms with Crippen LogP contribution in [0.1, 0.15) is 66.2 Å². The van der Waals surface area contributed by atoms with Gasteiger partial charge in [0.2, 0.25) is 10.0 Å². The molecule has 0 radical (unpaired) electrons. The molecule has 2 aliphatic heterocycles. The number of nitrogens with zero attached hydrogens (tertiary/aromatic N) is 3. The maximum Gasteiger partial charge on any atom is 0.338 e. The summed E-state index contributed by atoms with van der Waals surface area (Å²) < 4.78 is 35.1. The lowest BCUT2D eigenvalue weighted by molar-refractivity contribution is 0.0535. The molecule has 3 heterocycles. The maximum atomic E-state index is 12.8. The number of benzene rings is 1. The van der Waals surface area contributed by atoms with Crippen LogP contribution in [-0.4, -0.2) is 29.2 Å². The van der Waals surface area contributed by atoms with Gasteiger partial charge in [-0.3, -0.25) is 0 Å². The molecule has 1 unspecified atom stereocenters. The molecule has 1 aromatic heterocycles. The van der Waals surface area contributed by atoms with E-state index in [1.54, 1.807) is 10.7 Å². The molecule has 26 heavy (non-hydrogen) atoms. The van der Waals surface area contributed by atoms with Crippen LogP contribution < -0.4 is 4.72 Å². The minimum absolute atomic E-state index is 0.0517. The first-order chi connectivity index (χ1) is 12.3. The Hall–Kier alpha value is -2.26. The van der Waals surface area contributed by atoms with Gasteiger partial charge in [0.15, 0.2) is 5.82 Å². The molecule has 0 aliphatic carbocycles. The van der Waals surface area contributed by atoms with E-state index in [4.69, 9.17) is 4.74 Å². The van der Waals surface area contributed by atoms with Crippen molar-refractivity contribution in [3.05, 3.63) is 41.0 Å². The first-order valence-corrected chi connectivity index (χ1v) is 10.1. The van der Waals surface area contributed by atoms with Gasteiger partial charge < -0.3 is 4.74 Å². The van der Waals surface area contributed by atoms with Crippen LogP contribution in [0.4, 0.5) is 0 Å². The van der Waals surface area contributed by atoms with Gasteiger partial charge in [-0.05, 0) is 25.0 Å². The molecule has 0 amide bonds. The van der Waals surface area contributed by atoms with Gasteiger partial charge in [-0.15, -0.1) is 0 Å². The van der Waals surface area contributed by atoms with E-state index in [9.17, 15) is 13.2 Å². The lowest BCUT2D eigenvalue weighted by Crippen LogP contribution is -2.33. The third kappa shape index (κ3) is 2.90. The van der Waals surface area contributed by atoms with E-state index in [2.05, 4.69) is 14.8 Å². The number of nitrogens with one attached hydrogen (secondary N) is 1. The van der Waals surface area contributed by atoms with Gasteiger partial charge in [-0.1, -0.05) is 19.9 Å². The van der Waals surface area contributed by atoms with Crippen molar-refractivity contribution in [1.82, 2.24) is 19.5 Å². The highest BCUT2D eigenvalue weighted by atomic mass is 32.2. The summed E-state index contributed by atoms with van der Waals surface area (Å²) in [4.78, 5) is 16.3. The van der Waals surface area contributed by atoms with Gasteiger partial charge in [0.1, 0.15) is 12.4 Å². The fraction of sp³-hybridized carbons (Fsp3) is 0.471. The molecule has 0 saturated carbocycles. The van der Waals surface area contributed by atoms with Crippen LogP contribution in [0.25, 0.3) is 0 Å². The summed E-state index contributed by atoms with van der Waals surface area (Å²) in [5.41, 5.74) is 1.01. The topological polar surface area (TPSA) is 103 Å². The summed E-state index contributed by atoms with van der Waals surface area (Å²) in [6.07, 6.45) is 1.47. The molecule has 1 atom stereocenters. The number of esters is 1. The quantitative estimate of drug-likeness (QED) is 0.817. The van der Waals surface area contributed by atoms with Crippen LogP contribution in [0.5, 0.6) is 0 Å². The number of cyclic esters (lactones) is 1. The minimum Gasteiger partial charge on any atom is -0.457 e. The molecule has 4 rings (SSSR count). The Morgan fingerprint density at radius 3 is 2.92 bits per heavy atom. The van der Waals surface area contributed by atoms with Crippen molar-refractivity contribution in [3.8, 4) is 0 Å². The first-order valence-electron chi connectivity index (χ1n) is 8.62. The Bertz CT molecular complexity index is 981. The molecule has 9 heteroatoms. The standard InChI is InChI=1S/C17H20N4O4S/c1-10(2)15-18-16-14(4-3-7-21(16)19-15)20-26(23,24)12-6-5-11-9-25-17(22)13(11)8-12/h5-6,8,10,14,20H,3-4,7,9H2,1-2H3. The molecular weight excluding hydrogens is 356 g/mol. The third-order valence-corrected chi connectivity index (χ3v) is 6.14. The molecule has 0 fully saturated rings. The average molecular weight is 376 g/mol. The second-order valence-electron chi connectivity index (χ2n) is 6.92. The fourth-order valence-corrected chi connectivity index (χ4v) is 4.49. The zero-order chi connectivity index (χ0) is 18.5. The fourth-order valence-electron chi connectivity index (χ4n) is 3.24. The van der Waals surface area contributed by atoms with Crippen molar-refractivity contribution in [2.45, 2.75) is 56.7 Å². The number of carbonyl (C=O) groups is 1. The molecule has 138 valence electrons. The number of ether oxygens (including phenoxy) is 1. The molecular formula is C17H20N4O4S. The monoisotopic (exact) mass is 376 g/mol. The number of fused-ring (bicyclic) bond motifs is 2. The molecule has 1 N–H and O–H groups in total. The highest BCUT2D eigenvalue weighted by molar-refractivity contribution is 7.89. The number of aryl methyl sites for hydroxylation is 1. The van der Waals surface area contributed by atoms with Gasteiger partial charge in [0.25, 0.3) is 0 Å². The van der Waals surface area contributed by atoms with Crippen LogP contribution in [0.15, 0.2) is 23.1 Å². The Labute approximate surface area is 151 Å². The normalized spacial score (nSPS) is 19.3. The number of hydrogen-bond donors (Lipinski definition) is 1. The summed E-state index contributed by atoms with van der Waals surface area (Å²) >= 11 is 0. The molecule has 8 nitrogen and oxygen atoms in total. The van der Waals surface area contributed by atoms with E-state index in [1.807, 2.05) is 13.8 Å². The van der Waals surface area contributed by atoms with Crippen LogP contribution >= 0.6 is 0 Å².